The zero-order valence-corrected chi connectivity index (χ0v) is 17.4. The first-order valence-corrected chi connectivity index (χ1v) is 10.4. The van der Waals surface area contributed by atoms with Crippen molar-refractivity contribution in [1.29, 1.82) is 0 Å². The van der Waals surface area contributed by atoms with Gasteiger partial charge in [-0.05, 0) is 42.0 Å². The summed E-state index contributed by atoms with van der Waals surface area (Å²) in [4.78, 5) is 28.0. The highest BCUT2D eigenvalue weighted by Gasteiger charge is 2.30. The van der Waals surface area contributed by atoms with E-state index in [4.69, 9.17) is 0 Å². The van der Waals surface area contributed by atoms with E-state index in [0.29, 0.717) is 31.9 Å². The highest BCUT2D eigenvalue weighted by Crippen LogP contribution is 2.27. The summed E-state index contributed by atoms with van der Waals surface area (Å²) in [6, 6.07) is 21.3. The number of halogens is 1. The van der Waals surface area contributed by atoms with E-state index in [0.717, 1.165) is 11.3 Å². The summed E-state index contributed by atoms with van der Waals surface area (Å²) >= 11 is 0. The molecule has 0 radical (unpaired) electrons. The van der Waals surface area contributed by atoms with Crippen LogP contribution in [-0.2, 0) is 4.79 Å². The van der Waals surface area contributed by atoms with Crippen LogP contribution in [0.4, 0.5) is 21.5 Å². The summed E-state index contributed by atoms with van der Waals surface area (Å²) in [6.45, 7) is 2.66. The molecule has 1 heterocycles. The molecule has 1 aliphatic rings. The van der Waals surface area contributed by atoms with Crippen molar-refractivity contribution in [1.82, 2.24) is 4.90 Å². The normalized spacial score (nSPS) is 15.2. The van der Waals surface area contributed by atoms with Gasteiger partial charge in [0.1, 0.15) is 11.9 Å². The molecule has 0 aromatic heterocycles. The van der Waals surface area contributed by atoms with E-state index in [1.54, 1.807) is 24.3 Å². The summed E-state index contributed by atoms with van der Waals surface area (Å²) < 4.78 is 13.2. The third-order valence-corrected chi connectivity index (χ3v) is 5.58. The molecule has 8 heteroatoms. The molecule has 0 saturated carbocycles. The molecule has 1 atom stereocenters. The third-order valence-electron chi connectivity index (χ3n) is 5.58. The van der Waals surface area contributed by atoms with Crippen molar-refractivity contribution in [3.8, 4) is 0 Å². The van der Waals surface area contributed by atoms with Crippen LogP contribution in [0.15, 0.2) is 78.9 Å². The Hall–Kier alpha value is -3.78. The van der Waals surface area contributed by atoms with Crippen molar-refractivity contribution in [3.05, 3.63) is 100 Å². The van der Waals surface area contributed by atoms with Gasteiger partial charge in [-0.1, -0.05) is 30.3 Å². The van der Waals surface area contributed by atoms with E-state index >= 15 is 0 Å². The molecule has 3 aromatic carbocycles. The summed E-state index contributed by atoms with van der Waals surface area (Å²) in [7, 11) is 0. The molecule has 7 nitrogen and oxygen atoms in total. The van der Waals surface area contributed by atoms with Gasteiger partial charge in [0.2, 0.25) is 5.91 Å². The first-order valence-electron chi connectivity index (χ1n) is 10.4. The Morgan fingerprint density at radius 1 is 0.906 bits per heavy atom. The highest BCUT2D eigenvalue weighted by molar-refractivity contribution is 5.95. The van der Waals surface area contributed by atoms with Crippen molar-refractivity contribution in [2.24, 2.45) is 0 Å². The number of nitro groups is 1. The van der Waals surface area contributed by atoms with Crippen LogP contribution in [0.25, 0.3) is 0 Å². The number of anilines is 2. The Morgan fingerprint density at radius 3 is 2.12 bits per heavy atom. The second-order valence-electron chi connectivity index (χ2n) is 7.61. The molecule has 1 aliphatic heterocycles. The van der Waals surface area contributed by atoms with Crippen LogP contribution in [0.5, 0.6) is 0 Å². The number of hydrogen-bond donors (Lipinski definition) is 1. The van der Waals surface area contributed by atoms with E-state index in [9.17, 15) is 19.3 Å². The summed E-state index contributed by atoms with van der Waals surface area (Å²) in [6.07, 6.45) is 0. The lowest BCUT2D eigenvalue weighted by molar-refractivity contribution is -0.384. The zero-order chi connectivity index (χ0) is 22.5. The van der Waals surface area contributed by atoms with Crippen molar-refractivity contribution < 1.29 is 14.1 Å². The van der Waals surface area contributed by atoms with Crippen LogP contribution in [0.3, 0.4) is 0 Å². The summed E-state index contributed by atoms with van der Waals surface area (Å²) in [5.41, 5.74) is 2.41. The van der Waals surface area contributed by atoms with E-state index < -0.39 is 11.0 Å². The number of nitrogens with zero attached hydrogens (tertiary/aromatic N) is 3. The molecular formula is C24H23FN4O3. The average molecular weight is 434 g/mol. The number of nitrogens with one attached hydrogen (secondary N) is 1. The van der Waals surface area contributed by atoms with Crippen LogP contribution >= 0.6 is 0 Å². The number of non-ortho nitro benzene ring substituents is 1. The molecule has 0 bridgehead atoms. The number of rotatable bonds is 6. The minimum atomic E-state index is -0.486. The third kappa shape index (κ3) is 4.92. The monoisotopic (exact) mass is 434 g/mol. The Kier molecular flexibility index (Phi) is 6.42. The fraction of sp³-hybridized carbons (Fsp3) is 0.208. The molecule has 0 unspecified atom stereocenters. The SMILES string of the molecule is O=C(Nc1ccc(F)cc1)[C@H](c1ccccc1)N1CCN(c2ccc([N+](=O)[O-])cc2)CC1. The molecule has 0 spiro atoms. The van der Waals surface area contributed by atoms with Crippen LogP contribution in [0.2, 0.25) is 0 Å². The lowest BCUT2D eigenvalue weighted by Crippen LogP contribution is -2.50. The van der Waals surface area contributed by atoms with Gasteiger partial charge in [-0.3, -0.25) is 19.8 Å². The van der Waals surface area contributed by atoms with Crippen molar-refractivity contribution in [2.45, 2.75) is 6.04 Å². The molecule has 1 saturated heterocycles. The number of nitro benzene ring substituents is 1. The van der Waals surface area contributed by atoms with E-state index in [2.05, 4.69) is 15.1 Å². The molecule has 0 aliphatic carbocycles. The smallest absolute Gasteiger partial charge is 0.269 e. The number of amides is 1. The maximum absolute atomic E-state index is 13.2. The number of piperazine rings is 1. The minimum absolute atomic E-state index is 0.0639. The van der Waals surface area contributed by atoms with Crippen LogP contribution in [0, 0.1) is 15.9 Å². The molecule has 1 N–H and O–H groups in total. The summed E-state index contributed by atoms with van der Waals surface area (Å²) in [5.74, 6) is -0.531. The van der Waals surface area contributed by atoms with Gasteiger partial charge in [-0.25, -0.2) is 4.39 Å². The molecule has 164 valence electrons. The van der Waals surface area contributed by atoms with Gasteiger partial charge < -0.3 is 10.2 Å². The second-order valence-corrected chi connectivity index (χ2v) is 7.61. The average Bonchev–Trinajstić information content (AvgIpc) is 2.82. The minimum Gasteiger partial charge on any atom is -0.369 e. The highest BCUT2D eigenvalue weighted by atomic mass is 19.1. The lowest BCUT2D eigenvalue weighted by Gasteiger charge is -2.39. The van der Waals surface area contributed by atoms with Crippen molar-refractivity contribution in [3.63, 3.8) is 0 Å². The van der Waals surface area contributed by atoms with Crippen LogP contribution in [-0.4, -0.2) is 41.9 Å². The number of hydrogen-bond acceptors (Lipinski definition) is 5. The van der Waals surface area contributed by atoms with Gasteiger partial charge in [0, 0.05) is 49.7 Å². The molecule has 3 aromatic rings. The fourth-order valence-electron chi connectivity index (χ4n) is 3.93. The van der Waals surface area contributed by atoms with E-state index in [1.807, 2.05) is 30.3 Å². The summed E-state index contributed by atoms with van der Waals surface area (Å²) in [5, 5.41) is 13.8. The van der Waals surface area contributed by atoms with E-state index in [-0.39, 0.29) is 17.4 Å². The lowest BCUT2D eigenvalue weighted by atomic mass is 10.0. The van der Waals surface area contributed by atoms with Gasteiger partial charge in [0.15, 0.2) is 0 Å². The molecule has 1 fully saturated rings. The second kappa shape index (κ2) is 9.57. The number of benzene rings is 3. The predicted molar refractivity (Wildman–Crippen MR) is 121 cm³/mol. The van der Waals surface area contributed by atoms with Gasteiger partial charge in [0.25, 0.3) is 5.69 Å². The Morgan fingerprint density at radius 2 is 1.53 bits per heavy atom. The van der Waals surface area contributed by atoms with Gasteiger partial charge >= 0.3 is 0 Å². The zero-order valence-electron chi connectivity index (χ0n) is 17.4. The first kappa shape index (κ1) is 21.5. The standard InChI is InChI=1S/C24H23FN4O3/c25-19-6-8-20(9-7-19)26-24(30)23(18-4-2-1-3-5-18)28-16-14-27(15-17-28)21-10-12-22(13-11-21)29(31)32/h1-13,23H,14-17H2,(H,26,30)/t23-/m0/s1. The largest absolute Gasteiger partial charge is 0.369 e. The van der Waals surface area contributed by atoms with Gasteiger partial charge in [0.05, 0.1) is 4.92 Å². The predicted octanol–water partition coefficient (Wildman–Crippen LogP) is 4.24. The van der Waals surface area contributed by atoms with Crippen LogP contribution in [0.1, 0.15) is 11.6 Å². The Balaban J connectivity index is 1.48. The maximum Gasteiger partial charge on any atom is 0.269 e. The van der Waals surface area contributed by atoms with Crippen molar-refractivity contribution >= 4 is 23.0 Å². The van der Waals surface area contributed by atoms with E-state index in [1.165, 1.54) is 24.3 Å². The quantitative estimate of drug-likeness (QED) is 0.464. The molecule has 32 heavy (non-hydrogen) atoms. The fourth-order valence-corrected chi connectivity index (χ4v) is 3.93. The van der Waals surface area contributed by atoms with Gasteiger partial charge in [-0.2, -0.15) is 0 Å². The Labute approximate surface area is 185 Å². The molecular weight excluding hydrogens is 411 g/mol. The van der Waals surface area contributed by atoms with Crippen molar-refractivity contribution in [2.75, 3.05) is 36.4 Å². The van der Waals surface area contributed by atoms with Crippen LogP contribution < -0.4 is 10.2 Å². The maximum atomic E-state index is 13.2. The number of carbonyl (C=O) groups is 1. The Bertz CT molecular complexity index is 1070. The molecule has 4 rings (SSSR count). The topological polar surface area (TPSA) is 78.7 Å². The number of carbonyl (C=O) groups excluding carboxylic acids is 1. The van der Waals surface area contributed by atoms with Gasteiger partial charge in [-0.15, -0.1) is 0 Å². The molecule has 1 amide bonds. The first-order chi connectivity index (χ1) is 15.5.